The molecule has 0 amide bonds. The predicted octanol–water partition coefficient (Wildman–Crippen LogP) is 12.2. The summed E-state index contributed by atoms with van der Waals surface area (Å²) in [6, 6.07) is 65.7. The molecule has 0 atom stereocenters. The van der Waals surface area contributed by atoms with Gasteiger partial charge in [-0.2, -0.15) is 0 Å². The standard InChI is InChI=1S/C44H30N2/c1-4-18-34(19-5-1)45(35-20-6-2-7-21-35)42-30-32-16-11-13-25-39(32)44-43(42)40-28-27-33(29-41(40)46(44)36-22-8-3-9-23-36)38-26-14-17-31-15-10-12-24-37(31)38/h1-30H. The zero-order chi connectivity index (χ0) is 30.5. The lowest BCUT2D eigenvalue weighted by molar-refractivity contribution is 1.19. The summed E-state index contributed by atoms with van der Waals surface area (Å²) in [6.45, 7) is 0. The molecule has 2 nitrogen and oxygen atoms in total. The van der Waals surface area contributed by atoms with Gasteiger partial charge in [-0.1, -0.05) is 133 Å². The summed E-state index contributed by atoms with van der Waals surface area (Å²) in [4.78, 5) is 2.40. The Labute approximate surface area is 268 Å². The number of hydrogen-bond acceptors (Lipinski definition) is 1. The summed E-state index contributed by atoms with van der Waals surface area (Å²) in [6.07, 6.45) is 0. The van der Waals surface area contributed by atoms with Crippen LogP contribution in [0.25, 0.3) is 60.2 Å². The van der Waals surface area contributed by atoms with E-state index in [4.69, 9.17) is 0 Å². The minimum Gasteiger partial charge on any atom is -0.310 e. The second-order valence-corrected chi connectivity index (χ2v) is 11.8. The maximum atomic E-state index is 2.47. The van der Waals surface area contributed by atoms with Gasteiger partial charge in [0.05, 0.1) is 16.7 Å². The fourth-order valence-electron chi connectivity index (χ4n) is 7.11. The van der Waals surface area contributed by atoms with Crippen molar-refractivity contribution in [2.45, 2.75) is 0 Å². The van der Waals surface area contributed by atoms with Gasteiger partial charge in [0.1, 0.15) is 0 Å². The molecule has 0 unspecified atom stereocenters. The lowest BCUT2D eigenvalue weighted by Crippen LogP contribution is -2.10. The highest BCUT2D eigenvalue weighted by atomic mass is 15.1. The van der Waals surface area contributed by atoms with Gasteiger partial charge >= 0.3 is 0 Å². The Morgan fingerprint density at radius 3 is 1.72 bits per heavy atom. The van der Waals surface area contributed by atoms with Crippen molar-refractivity contribution in [1.29, 1.82) is 0 Å². The normalized spacial score (nSPS) is 11.5. The summed E-state index contributed by atoms with van der Waals surface area (Å²) < 4.78 is 2.47. The fourth-order valence-corrected chi connectivity index (χ4v) is 7.11. The number of rotatable bonds is 5. The molecule has 0 aliphatic heterocycles. The molecule has 216 valence electrons. The Morgan fingerprint density at radius 2 is 1.00 bits per heavy atom. The topological polar surface area (TPSA) is 8.17 Å². The minimum absolute atomic E-state index is 1.12. The van der Waals surface area contributed by atoms with Gasteiger partial charge in [0, 0.05) is 33.2 Å². The molecule has 0 saturated carbocycles. The van der Waals surface area contributed by atoms with E-state index in [0.717, 1.165) is 22.7 Å². The molecule has 0 saturated heterocycles. The van der Waals surface area contributed by atoms with E-state index < -0.39 is 0 Å². The molecule has 8 aromatic carbocycles. The second kappa shape index (κ2) is 10.8. The van der Waals surface area contributed by atoms with Crippen LogP contribution in [0.5, 0.6) is 0 Å². The van der Waals surface area contributed by atoms with Gasteiger partial charge in [0.15, 0.2) is 0 Å². The van der Waals surface area contributed by atoms with Crippen molar-refractivity contribution in [2.75, 3.05) is 4.90 Å². The van der Waals surface area contributed by atoms with E-state index in [1.165, 1.54) is 54.5 Å². The number of aromatic nitrogens is 1. The van der Waals surface area contributed by atoms with E-state index in [-0.39, 0.29) is 0 Å². The molecule has 0 aliphatic rings. The van der Waals surface area contributed by atoms with E-state index in [9.17, 15) is 0 Å². The maximum Gasteiger partial charge on any atom is 0.0640 e. The molecule has 0 N–H and O–H groups in total. The first kappa shape index (κ1) is 26.3. The van der Waals surface area contributed by atoms with Crippen LogP contribution in [0.1, 0.15) is 0 Å². The Morgan fingerprint density at radius 1 is 0.413 bits per heavy atom. The van der Waals surface area contributed by atoms with Crippen molar-refractivity contribution >= 4 is 60.4 Å². The van der Waals surface area contributed by atoms with Crippen molar-refractivity contribution in [3.05, 3.63) is 182 Å². The highest BCUT2D eigenvalue weighted by Gasteiger charge is 2.23. The summed E-state index contributed by atoms with van der Waals surface area (Å²) >= 11 is 0. The molecular weight excluding hydrogens is 556 g/mol. The number of hydrogen-bond donors (Lipinski definition) is 0. The van der Waals surface area contributed by atoms with Crippen LogP contribution >= 0.6 is 0 Å². The number of benzene rings is 8. The van der Waals surface area contributed by atoms with E-state index in [2.05, 4.69) is 191 Å². The van der Waals surface area contributed by atoms with E-state index in [0.29, 0.717) is 0 Å². The molecule has 1 heterocycles. The highest BCUT2D eigenvalue weighted by molar-refractivity contribution is 6.25. The van der Waals surface area contributed by atoms with Crippen LogP contribution in [0.4, 0.5) is 17.1 Å². The second-order valence-electron chi connectivity index (χ2n) is 11.8. The molecular formula is C44H30N2. The van der Waals surface area contributed by atoms with Gasteiger partial charge in [-0.3, -0.25) is 0 Å². The van der Waals surface area contributed by atoms with Crippen molar-refractivity contribution in [3.8, 4) is 16.8 Å². The summed E-state index contributed by atoms with van der Waals surface area (Å²) in [5.74, 6) is 0. The van der Waals surface area contributed by atoms with Crippen molar-refractivity contribution < 1.29 is 0 Å². The quantitative estimate of drug-likeness (QED) is 0.195. The van der Waals surface area contributed by atoms with Crippen LogP contribution in [0.15, 0.2) is 182 Å². The molecule has 0 bridgehead atoms. The third-order valence-corrected chi connectivity index (χ3v) is 9.12. The van der Waals surface area contributed by atoms with Gasteiger partial charge < -0.3 is 9.47 Å². The highest BCUT2D eigenvalue weighted by Crippen LogP contribution is 2.47. The molecule has 9 rings (SSSR count). The number of anilines is 3. The molecule has 1 aromatic heterocycles. The van der Waals surface area contributed by atoms with Gasteiger partial charge in [0.2, 0.25) is 0 Å². The van der Waals surface area contributed by atoms with Gasteiger partial charge in [-0.15, -0.1) is 0 Å². The molecule has 0 aliphatic carbocycles. The van der Waals surface area contributed by atoms with Gasteiger partial charge in [-0.25, -0.2) is 0 Å². The first-order chi connectivity index (χ1) is 22.8. The SMILES string of the molecule is c1ccc(N(c2ccccc2)c2cc3ccccc3c3c2c2ccc(-c4cccc5ccccc45)cc2n3-c2ccccc2)cc1. The number of nitrogens with zero attached hydrogens (tertiary/aromatic N) is 2. The van der Waals surface area contributed by atoms with Crippen LogP contribution in [0.2, 0.25) is 0 Å². The molecule has 46 heavy (non-hydrogen) atoms. The van der Waals surface area contributed by atoms with Crippen LogP contribution in [0.3, 0.4) is 0 Å². The van der Waals surface area contributed by atoms with E-state index in [1.807, 2.05) is 0 Å². The van der Waals surface area contributed by atoms with Crippen molar-refractivity contribution in [2.24, 2.45) is 0 Å². The summed E-state index contributed by atoms with van der Waals surface area (Å²) in [7, 11) is 0. The molecule has 0 fully saturated rings. The Hall–Kier alpha value is -6.12. The average Bonchev–Trinajstić information content (AvgIpc) is 3.48. The zero-order valence-electron chi connectivity index (χ0n) is 25.2. The first-order valence-corrected chi connectivity index (χ1v) is 15.8. The largest absolute Gasteiger partial charge is 0.310 e. The van der Waals surface area contributed by atoms with E-state index in [1.54, 1.807) is 0 Å². The Bertz CT molecular complexity index is 2470. The fraction of sp³-hybridized carbons (Fsp3) is 0. The first-order valence-electron chi connectivity index (χ1n) is 15.8. The van der Waals surface area contributed by atoms with Crippen LogP contribution in [-0.2, 0) is 0 Å². The Kier molecular flexibility index (Phi) is 6.17. The maximum absolute atomic E-state index is 2.47. The van der Waals surface area contributed by atoms with Crippen LogP contribution in [-0.4, -0.2) is 4.57 Å². The Balaban J connectivity index is 1.45. The van der Waals surface area contributed by atoms with Gasteiger partial charge in [-0.05, 0) is 75.8 Å². The minimum atomic E-state index is 1.12. The van der Waals surface area contributed by atoms with Gasteiger partial charge in [0.25, 0.3) is 0 Å². The summed E-state index contributed by atoms with van der Waals surface area (Å²) in [5, 5.41) is 7.40. The summed E-state index contributed by atoms with van der Waals surface area (Å²) in [5.41, 5.74) is 9.39. The third kappa shape index (κ3) is 4.19. The van der Waals surface area contributed by atoms with Crippen LogP contribution < -0.4 is 4.90 Å². The van der Waals surface area contributed by atoms with E-state index >= 15 is 0 Å². The predicted molar refractivity (Wildman–Crippen MR) is 196 cm³/mol. The average molecular weight is 587 g/mol. The van der Waals surface area contributed by atoms with Crippen molar-refractivity contribution in [1.82, 2.24) is 4.57 Å². The number of fused-ring (bicyclic) bond motifs is 6. The van der Waals surface area contributed by atoms with Crippen molar-refractivity contribution in [3.63, 3.8) is 0 Å². The molecule has 0 radical (unpaired) electrons. The lowest BCUT2D eigenvalue weighted by Gasteiger charge is -2.27. The lowest BCUT2D eigenvalue weighted by atomic mass is 9.97. The molecule has 9 aromatic rings. The monoisotopic (exact) mass is 586 g/mol. The number of para-hydroxylation sites is 3. The smallest absolute Gasteiger partial charge is 0.0640 e. The molecule has 2 heteroatoms. The van der Waals surface area contributed by atoms with Crippen LogP contribution in [0, 0.1) is 0 Å². The zero-order valence-corrected chi connectivity index (χ0v) is 25.2. The molecule has 0 spiro atoms. The third-order valence-electron chi connectivity index (χ3n) is 9.12.